The van der Waals surface area contributed by atoms with Crippen molar-refractivity contribution in [2.75, 3.05) is 11.6 Å². The maximum absolute atomic E-state index is 9.11. The van der Waals surface area contributed by atoms with E-state index in [-0.39, 0.29) is 12.6 Å². The second-order valence-corrected chi connectivity index (χ2v) is 4.08. The fourth-order valence-corrected chi connectivity index (χ4v) is 2.03. The molecule has 0 fully saturated rings. The van der Waals surface area contributed by atoms with Crippen molar-refractivity contribution in [1.82, 2.24) is 5.12 Å². The molecule has 1 unspecified atom stereocenters. The predicted molar refractivity (Wildman–Crippen MR) is 67.3 cm³/mol. The number of hydrazine groups is 2. The summed E-state index contributed by atoms with van der Waals surface area (Å²) in [6.45, 7) is 2.00. The molecule has 1 atom stereocenters. The Morgan fingerprint density at radius 1 is 1.29 bits per heavy atom. The summed E-state index contributed by atoms with van der Waals surface area (Å²) in [5, 5.41) is 12.6. The predicted octanol–water partition coefficient (Wildman–Crippen LogP) is 0.538. The van der Waals surface area contributed by atoms with Gasteiger partial charge in [0.2, 0.25) is 0 Å². The van der Waals surface area contributed by atoms with Crippen LogP contribution in [0.15, 0.2) is 41.7 Å². The summed E-state index contributed by atoms with van der Waals surface area (Å²) < 4.78 is 0. The van der Waals surface area contributed by atoms with E-state index in [0.717, 1.165) is 11.4 Å². The molecule has 0 spiro atoms. The van der Waals surface area contributed by atoms with Crippen molar-refractivity contribution in [2.45, 2.75) is 19.4 Å². The monoisotopic (exact) mass is 234 g/mol. The molecule has 0 amide bonds. The van der Waals surface area contributed by atoms with Gasteiger partial charge in [-0.1, -0.05) is 18.2 Å². The molecule has 5 heteroatoms. The van der Waals surface area contributed by atoms with Gasteiger partial charge in [0.1, 0.15) is 0 Å². The van der Waals surface area contributed by atoms with Crippen LogP contribution in [0.2, 0.25) is 0 Å². The van der Waals surface area contributed by atoms with Gasteiger partial charge in [0.15, 0.2) is 0 Å². The van der Waals surface area contributed by atoms with Crippen LogP contribution in [0.5, 0.6) is 0 Å². The van der Waals surface area contributed by atoms with Crippen LogP contribution in [-0.4, -0.2) is 22.9 Å². The summed E-state index contributed by atoms with van der Waals surface area (Å²) in [4.78, 5) is 0. The number of nitrogens with zero attached hydrogens (tertiary/aromatic N) is 2. The van der Waals surface area contributed by atoms with Gasteiger partial charge < -0.3 is 10.8 Å². The number of anilines is 1. The van der Waals surface area contributed by atoms with E-state index in [4.69, 9.17) is 16.7 Å². The highest BCUT2D eigenvalue weighted by atomic mass is 16.3. The van der Waals surface area contributed by atoms with Gasteiger partial charge in [0.25, 0.3) is 0 Å². The summed E-state index contributed by atoms with van der Waals surface area (Å²) >= 11 is 0. The summed E-state index contributed by atoms with van der Waals surface area (Å²) in [6.07, 6.45) is 0.499. The molecule has 0 radical (unpaired) electrons. The number of aliphatic hydroxyl groups is 1. The van der Waals surface area contributed by atoms with Crippen molar-refractivity contribution in [3.05, 3.63) is 41.7 Å². The van der Waals surface area contributed by atoms with Gasteiger partial charge in [-0.05, 0) is 19.1 Å². The molecule has 0 bridgehead atoms. The Hall–Kier alpha value is -1.56. The lowest BCUT2D eigenvalue weighted by Crippen LogP contribution is -2.47. The standard InChI is InChI=1S/C12H18N4O/c1-9-12(13)11(7-8-17)15(16(9)14)10-5-3-2-4-6-10/h2-6,9,17H,7-8,13-14H2,1H3. The molecule has 5 nitrogen and oxygen atoms in total. The topological polar surface area (TPSA) is 78.8 Å². The number of benzene rings is 1. The average Bonchev–Trinajstić information content (AvgIpc) is 2.56. The van der Waals surface area contributed by atoms with Crippen molar-refractivity contribution in [3.8, 4) is 0 Å². The molecule has 1 aromatic carbocycles. The zero-order chi connectivity index (χ0) is 12.4. The summed E-state index contributed by atoms with van der Waals surface area (Å²) in [6, 6.07) is 9.70. The summed E-state index contributed by atoms with van der Waals surface area (Å²) in [5.74, 6) is 6.02. The van der Waals surface area contributed by atoms with Crippen molar-refractivity contribution >= 4 is 5.69 Å². The Balaban J connectivity index is 2.38. The van der Waals surface area contributed by atoms with Crippen molar-refractivity contribution < 1.29 is 5.11 Å². The van der Waals surface area contributed by atoms with Crippen LogP contribution in [0.1, 0.15) is 13.3 Å². The minimum atomic E-state index is -0.0586. The quantitative estimate of drug-likeness (QED) is 0.665. The normalized spacial score (nSPS) is 21.4. The van der Waals surface area contributed by atoms with E-state index in [2.05, 4.69) is 0 Å². The highest BCUT2D eigenvalue weighted by molar-refractivity contribution is 5.54. The van der Waals surface area contributed by atoms with Crippen molar-refractivity contribution in [3.63, 3.8) is 0 Å². The number of nitrogens with two attached hydrogens (primary N) is 2. The van der Waals surface area contributed by atoms with E-state index in [1.165, 1.54) is 0 Å². The van der Waals surface area contributed by atoms with E-state index in [1.807, 2.05) is 42.3 Å². The lowest BCUT2D eigenvalue weighted by atomic mass is 10.2. The molecule has 2 rings (SSSR count). The fourth-order valence-electron chi connectivity index (χ4n) is 2.03. The highest BCUT2D eigenvalue weighted by Crippen LogP contribution is 2.31. The van der Waals surface area contributed by atoms with E-state index in [0.29, 0.717) is 12.1 Å². The van der Waals surface area contributed by atoms with Gasteiger partial charge in [0.05, 0.1) is 23.1 Å². The maximum Gasteiger partial charge on any atom is 0.0836 e. The van der Waals surface area contributed by atoms with Gasteiger partial charge in [-0.15, -0.1) is 5.12 Å². The zero-order valence-corrected chi connectivity index (χ0v) is 9.87. The fraction of sp³-hybridized carbons (Fsp3) is 0.333. The van der Waals surface area contributed by atoms with Gasteiger partial charge in [-0.25, -0.2) is 5.84 Å². The lowest BCUT2D eigenvalue weighted by Gasteiger charge is -2.30. The smallest absolute Gasteiger partial charge is 0.0836 e. The minimum absolute atomic E-state index is 0.0555. The van der Waals surface area contributed by atoms with Crippen LogP contribution in [0.25, 0.3) is 0 Å². The lowest BCUT2D eigenvalue weighted by molar-refractivity contribution is 0.251. The molecular weight excluding hydrogens is 216 g/mol. The van der Waals surface area contributed by atoms with Gasteiger partial charge in [0, 0.05) is 13.0 Å². The van der Waals surface area contributed by atoms with E-state index >= 15 is 0 Å². The van der Waals surface area contributed by atoms with Gasteiger partial charge in [-0.2, -0.15) is 0 Å². The first kappa shape index (κ1) is 11.9. The van der Waals surface area contributed by atoms with E-state index in [1.54, 1.807) is 5.12 Å². The van der Waals surface area contributed by atoms with Gasteiger partial charge in [-0.3, -0.25) is 5.01 Å². The number of hydrogen-bond acceptors (Lipinski definition) is 5. The second kappa shape index (κ2) is 4.75. The third-order valence-electron chi connectivity index (χ3n) is 3.02. The zero-order valence-electron chi connectivity index (χ0n) is 9.87. The molecule has 1 aliphatic rings. The molecule has 0 aromatic heterocycles. The minimum Gasteiger partial charge on any atom is -0.399 e. The summed E-state index contributed by atoms with van der Waals surface area (Å²) in [5.41, 5.74) is 8.56. The van der Waals surface area contributed by atoms with Crippen LogP contribution in [-0.2, 0) is 0 Å². The molecule has 1 aromatic rings. The van der Waals surface area contributed by atoms with E-state index < -0.39 is 0 Å². The second-order valence-electron chi connectivity index (χ2n) is 4.08. The highest BCUT2D eigenvalue weighted by Gasteiger charge is 2.33. The molecule has 0 saturated heterocycles. The number of hydrogen-bond donors (Lipinski definition) is 3. The Labute approximate surface area is 101 Å². The largest absolute Gasteiger partial charge is 0.399 e. The van der Waals surface area contributed by atoms with Gasteiger partial charge >= 0.3 is 0 Å². The van der Waals surface area contributed by atoms with Crippen LogP contribution in [0, 0.1) is 0 Å². The molecule has 5 N–H and O–H groups in total. The Morgan fingerprint density at radius 3 is 2.53 bits per heavy atom. The van der Waals surface area contributed by atoms with Crippen LogP contribution in [0.4, 0.5) is 5.69 Å². The molecular formula is C12H18N4O. The van der Waals surface area contributed by atoms with Crippen molar-refractivity contribution in [2.24, 2.45) is 11.6 Å². The molecule has 0 saturated carbocycles. The van der Waals surface area contributed by atoms with Crippen LogP contribution >= 0.6 is 0 Å². The van der Waals surface area contributed by atoms with E-state index in [9.17, 15) is 0 Å². The van der Waals surface area contributed by atoms with Crippen LogP contribution in [0.3, 0.4) is 0 Å². The molecule has 1 aliphatic heterocycles. The Kier molecular flexibility index (Phi) is 3.33. The molecule has 1 heterocycles. The third kappa shape index (κ3) is 2.00. The average molecular weight is 234 g/mol. The summed E-state index contributed by atoms with van der Waals surface area (Å²) in [7, 11) is 0. The Morgan fingerprint density at radius 2 is 1.94 bits per heavy atom. The first-order chi connectivity index (χ1) is 8.16. The SMILES string of the molecule is CC1C(N)=C(CCO)N(c2ccccc2)N1N. The first-order valence-corrected chi connectivity index (χ1v) is 5.65. The molecule has 17 heavy (non-hydrogen) atoms. The third-order valence-corrected chi connectivity index (χ3v) is 3.02. The molecule has 92 valence electrons. The molecule has 0 aliphatic carbocycles. The van der Waals surface area contributed by atoms with Crippen molar-refractivity contribution in [1.29, 1.82) is 0 Å². The number of para-hydroxylation sites is 1. The number of rotatable bonds is 3. The number of aliphatic hydroxyl groups excluding tert-OH is 1. The van der Waals surface area contributed by atoms with Crippen LogP contribution < -0.4 is 16.6 Å². The Bertz CT molecular complexity index is 418. The first-order valence-electron chi connectivity index (χ1n) is 5.65. The maximum atomic E-state index is 9.11.